The molecule has 0 unspecified atom stereocenters. The smallest absolute Gasteiger partial charge is 0.236 e. The summed E-state index contributed by atoms with van der Waals surface area (Å²) in [5, 5.41) is 8.45. The maximum Gasteiger partial charge on any atom is 0.236 e. The Morgan fingerprint density at radius 2 is 2.25 bits per heavy atom. The first-order valence-corrected chi connectivity index (χ1v) is 8.71. The van der Waals surface area contributed by atoms with Crippen molar-refractivity contribution in [1.29, 1.82) is 0 Å². The van der Waals surface area contributed by atoms with Crippen molar-refractivity contribution in [2.75, 3.05) is 40.5 Å². The van der Waals surface area contributed by atoms with E-state index in [-0.39, 0.29) is 0 Å². The van der Waals surface area contributed by atoms with Crippen LogP contribution >= 0.6 is 11.3 Å². The zero-order valence-corrected chi connectivity index (χ0v) is 14.9. The van der Waals surface area contributed by atoms with Crippen molar-refractivity contribution in [3.63, 3.8) is 0 Å². The Morgan fingerprint density at radius 1 is 1.33 bits per heavy atom. The number of guanidine groups is 1. The highest BCUT2D eigenvalue weighted by atomic mass is 32.1. The second-order valence-corrected chi connectivity index (χ2v) is 5.88. The number of oxazole rings is 1. The van der Waals surface area contributed by atoms with E-state index < -0.39 is 0 Å². The topological polar surface area (TPSA) is 80.9 Å². The van der Waals surface area contributed by atoms with Crippen molar-refractivity contribution in [3.8, 4) is 10.8 Å². The van der Waals surface area contributed by atoms with Crippen LogP contribution in [-0.4, -0.2) is 51.5 Å². The molecule has 0 fully saturated rings. The SMILES string of the molecule is CN=C(NCCCOCCOC)NCc1coc(-c2cccs2)n1. The van der Waals surface area contributed by atoms with E-state index in [4.69, 9.17) is 13.9 Å². The molecule has 0 aromatic carbocycles. The maximum atomic E-state index is 5.49. The highest BCUT2D eigenvalue weighted by molar-refractivity contribution is 7.13. The fraction of sp³-hybridized carbons (Fsp3) is 0.500. The van der Waals surface area contributed by atoms with Crippen LogP contribution in [-0.2, 0) is 16.0 Å². The summed E-state index contributed by atoms with van der Waals surface area (Å²) in [6.07, 6.45) is 2.57. The number of thiophene rings is 1. The van der Waals surface area contributed by atoms with E-state index in [1.54, 1.807) is 31.8 Å². The monoisotopic (exact) mass is 352 g/mol. The second-order valence-electron chi connectivity index (χ2n) is 4.93. The van der Waals surface area contributed by atoms with Crippen molar-refractivity contribution in [3.05, 3.63) is 29.5 Å². The lowest BCUT2D eigenvalue weighted by atomic mass is 10.4. The van der Waals surface area contributed by atoms with Crippen molar-refractivity contribution in [2.45, 2.75) is 13.0 Å². The van der Waals surface area contributed by atoms with Gasteiger partial charge in [-0.3, -0.25) is 4.99 Å². The van der Waals surface area contributed by atoms with Gasteiger partial charge in [0.2, 0.25) is 5.89 Å². The Labute approximate surface area is 146 Å². The molecule has 2 rings (SSSR count). The summed E-state index contributed by atoms with van der Waals surface area (Å²) >= 11 is 1.61. The third-order valence-electron chi connectivity index (χ3n) is 3.13. The molecule has 2 aromatic rings. The van der Waals surface area contributed by atoms with Gasteiger partial charge in [0.15, 0.2) is 5.96 Å². The number of aromatic nitrogens is 1. The van der Waals surface area contributed by atoms with E-state index in [0.29, 0.717) is 32.3 Å². The summed E-state index contributed by atoms with van der Waals surface area (Å²) in [4.78, 5) is 9.67. The first-order chi connectivity index (χ1) is 11.8. The molecule has 2 heterocycles. The molecule has 24 heavy (non-hydrogen) atoms. The first-order valence-electron chi connectivity index (χ1n) is 7.83. The highest BCUT2D eigenvalue weighted by Gasteiger charge is 2.07. The zero-order valence-electron chi connectivity index (χ0n) is 14.1. The highest BCUT2D eigenvalue weighted by Crippen LogP contribution is 2.23. The van der Waals surface area contributed by atoms with Gasteiger partial charge in [0.05, 0.1) is 30.3 Å². The minimum atomic E-state index is 0.554. The number of ether oxygens (including phenoxy) is 2. The summed E-state index contributed by atoms with van der Waals surface area (Å²) in [5.41, 5.74) is 0.837. The molecule has 0 amide bonds. The van der Waals surface area contributed by atoms with Crippen LogP contribution in [0.5, 0.6) is 0 Å². The lowest BCUT2D eigenvalue weighted by Gasteiger charge is -2.10. The molecule has 0 aliphatic heterocycles. The van der Waals surface area contributed by atoms with Gasteiger partial charge in [-0.05, 0) is 17.9 Å². The van der Waals surface area contributed by atoms with E-state index in [2.05, 4.69) is 20.6 Å². The summed E-state index contributed by atoms with van der Waals surface area (Å²) in [6, 6.07) is 3.97. The fourth-order valence-electron chi connectivity index (χ4n) is 1.92. The third-order valence-corrected chi connectivity index (χ3v) is 3.99. The molecular weight excluding hydrogens is 328 g/mol. The summed E-state index contributed by atoms with van der Waals surface area (Å²) < 4.78 is 15.8. The Kier molecular flexibility index (Phi) is 8.29. The largest absolute Gasteiger partial charge is 0.443 e. The Hall–Kier alpha value is -1.90. The van der Waals surface area contributed by atoms with E-state index in [9.17, 15) is 0 Å². The van der Waals surface area contributed by atoms with Crippen molar-refractivity contribution in [1.82, 2.24) is 15.6 Å². The van der Waals surface area contributed by atoms with E-state index in [0.717, 1.165) is 29.5 Å². The number of rotatable bonds is 10. The molecule has 0 atom stereocenters. The minimum Gasteiger partial charge on any atom is -0.443 e. The number of hydrogen-bond acceptors (Lipinski definition) is 6. The van der Waals surface area contributed by atoms with Crippen molar-refractivity contribution in [2.24, 2.45) is 4.99 Å². The normalized spacial score (nSPS) is 11.7. The quantitative estimate of drug-likeness (QED) is 0.387. The van der Waals surface area contributed by atoms with Crippen LogP contribution in [0.25, 0.3) is 10.8 Å². The van der Waals surface area contributed by atoms with Gasteiger partial charge < -0.3 is 24.5 Å². The van der Waals surface area contributed by atoms with Gasteiger partial charge in [-0.2, -0.15) is 0 Å². The third kappa shape index (κ3) is 6.31. The molecule has 2 N–H and O–H groups in total. The zero-order chi connectivity index (χ0) is 17.0. The van der Waals surface area contributed by atoms with Crippen molar-refractivity contribution >= 4 is 17.3 Å². The van der Waals surface area contributed by atoms with Crippen LogP contribution in [0.3, 0.4) is 0 Å². The standard InChI is InChI=1S/C16H24N4O3S/c1-17-16(18-6-4-7-22-9-8-21-2)19-11-13-12-23-15(20-13)14-5-3-10-24-14/h3,5,10,12H,4,6-9,11H2,1-2H3,(H2,17,18,19). The number of methoxy groups -OCH3 is 1. The van der Waals surface area contributed by atoms with E-state index >= 15 is 0 Å². The fourth-order valence-corrected chi connectivity index (χ4v) is 2.58. The van der Waals surface area contributed by atoms with Crippen LogP contribution < -0.4 is 10.6 Å². The summed E-state index contributed by atoms with van der Waals surface area (Å²) in [7, 11) is 3.41. The Balaban J connectivity index is 1.65. The Morgan fingerprint density at radius 3 is 3.00 bits per heavy atom. The molecule has 0 bridgehead atoms. The first kappa shape index (κ1) is 18.4. The molecular formula is C16H24N4O3S. The molecule has 0 spiro atoms. The van der Waals surface area contributed by atoms with Crippen molar-refractivity contribution < 1.29 is 13.9 Å². The average Bonchev–Trinajstić information content (AvgIpc) is 3.28. The predicted octanol–water partition coefficient (Wildman–Crippen LogP) is 2.12. The van der Waals surface area contributed by atoms with Crippen LogP contribution in [0.2, 0.25) is 0 Å². The molecule has 132 valence electrons. The van der Waals surface area contributed by atoms with Crippen LogP contribution in [0, 0.1) is 0 Å². The Bertz CT molecular complexity index is 598. The van der Waals surface area contributed by atoms with Gasteiger partial charge in [0, 0.05) is 27.3 Å². The number of nitrogens with zero attached hydrogens (tertiary/aromatic N) is 2. The molecule has 0 radical (unpaired) electrons. The van der Waals surface area contributed by atoms with Gasteiger partial charge in [0.1, 0.15) is 6.26 Å². The van der Waals surface area contributed by atoms with Crippen LogP contribution in [0.4, 0.5) is 0 Å². The number of aliphatic imine (C=N–C) groups is 1. The van der Waals surface area contributed by atoms with E-state index in [1.807, 2.05) is 17.5 Å². The van der Waals surface area contributed by atoms with Gasteiger partial charge in [-0.15, -0.1) is 11.3 Å². The molecule has 8 heteroatoms. The van der Waals surface area contributed by atoms with Crippen LogP contribution in [0.1, 0.15) is 12.1 Å². The minimum absolute atomic E-state index is 0.554. The molecule has 7 nitrogen and oxygen atoms in total. The van der Waals surface area contributed by atoms with Gasteiger partial charge >= 0.3 is 0 Å². The molecule has 0 aliphatic carbocycles. The molecule has 0 saturated heterocycles. The number of nitrogens with one attached hydrogen (secondary N) is 2. The number of hydrogen-bond donors (Lipinski definition) is 2. The molecule has 0 aliphatic rings. The van der Waals surface area contributed by atoms with Gasteiger partial charge in [-0.25, -0.2) is 4.98 Å². The van der Waals surface area contributed by atoms with E-state index in [1.165, 1.54) is 0 Å². The molecule has 0 saturated carbocycles. The average molecular weight is 352 g/mol. The van der Waals surface area contributed by atoms with Crippen LogP contribution in [0.15, 0.2) is 33.2 Å². The van der Waals surface area contributed by atoms with Gasteiger partial charge in [0.25, 0.3) is 0 Å². The lowest BCUT2D eigenvalue weighted by Crippen LogP contribution is -2.37. The van der Waals surface area contributed by atoms with Gasteiger partial charge in [-0.1, -0.05) is 6.07 Å². The maximum absolute atomic E-state index is 5.49. The molecule has 2 aromatic heterocycles. The summed E-state index contributed by atoms with van der Waals surface area (Å²) in [6.45, 7) is 3.29. The predicted molar refractivity (Wildman–Crippen MR) is 95.3 cm³/mol. The lowest BCUT2D eigenvalue weighted by molar-refractivity contribution is 0.0698. The second kappa shape index (κ2) is 10.8. The summed E-state index contributed by atoms with van der Waals surface area (Å²) in [5.74, 6) is 1.38.